The summed E-state index contributed by atoms with van der Waals surface area (Å²) in [5.41, 5.74) is 1.52. The van der Waals surface area contributed by atoms with Crippen LogP contribution in [0.3, 0.4) is 0 Å². The molecule has 1 amide bonds. The van der Waals surface area contributed by atoms with E-state index in [2.05, 4.69) is 4.90 Å². The lowest BCUT2D eigenvalue weighted by molar-refractivity contribution is -0.0942. The Kier molecular flexibility index (Phi) is 5.10. The van der Waals surface area contributed by atoms with Crippen LogP contribution in [0.4, 0.5) is 14.5 Å². The molecule has 6 heteroatoms. The molecule has 126 valence electrons. The summed E-state index contributed by atoms with van der Waals surface area (Å²) in [5.74, 6) is -0.180. The molecule has 0 radical (unpaired) electrons. The first-order valence-electron chi connectivity index (χ1n) is 8.20. The largest absolute Gasteiger partial charge is 0.371 e. The van der Waals surface area contributed by atoms with Crippen LogP contribution in [0.2, 0.25) is 0 Å². The highest BCUT2D eigenvalue weighted by Gasteiger charge is 2.32. The van der Waals surface area contributed by atoms with E-state index in [1.54, 1.807) is 6.07 Å². The van der Waals surface area contributed by atoms with Gasteiger partial charge in [-0.2, -0.15) is 0 Å². The normalized spacial score (nSPS) is 22.5. The summed E-state index contributed by atoms with van der Waals surface area (Å²) < 4.78 is 30.8. The molecule has 0 aliphatic carbocycles. The van der Waals surface area contributed by atoms with Crippen LogP contribution in [0, 0.1) is 0 Å². The van der Waals surface area contributed by atoms with E-state index in [-0.39, 0.29) is 19.1 Å². The van der Waals surface area contributed by atoms with Crippen LogP contribution in [0.5, 0.6) is 0 Å². The third kappa shape index (κ3) is 3.63. The molecule has 0 aromatic heterocycles. The number of amides is 1. The van der Waals surface area contributed by atoms with Crippen LogP contribution in [-0.2, 0) is 4.74 Å². The molecule has 4 nitrogen and oxygen atoms in total. The lowest BCUT2D eigenvalue weighted by Crippen LogP contribution is -2.48. The van der Waals surface area contributed by atoms with Crippen molar-refractivity contribution in [2.75, 3.05) is 37.7 Å². The maximum absolute atomic E-state index is 12.9. The minimum atomic E-state index is -2.57. The van der Waals surface area contributed by atoms with Crippen LogP contribution in [0.25, 0.3) is 0 Å². The molecule has 0 spiro atoms. The van der Waals surface area contributed by atoms with E-state index in [0.717, 1.165) is 31.6 Å². The fourth-order valence-corrected chi connectivity index (χ4v) is 3.25. The lowest BCUT2D eigenvalue weighted by Gasteiger charge is -2.35. The maximum Gasteiger partial charge on any atom is 0.266 e. The van der Waals surface area contributed by atoms with E-state index >= 15 is 0 Å². The third-order valence-electron chi connectivity index (χ3n) is 4.49. The minimum Gasteiger partial charge on any atom is -0.371 e. The van der Waals surface area contributed by atoms with Gasteiger partial charge in [0.2, 0.25) is 0 Å². The van der Waals surface area contributed by atoms with Gasteiger partial charge in [-0.15, -0.1) is 0 Å². The zero-order valence-electron chi connectivity index (χ0n) is 13.1. The van der Waals surface area contributed by atoms with Crippen molar-refractivity contribution in [3.8, 4) is 0 Å². The van der Waals surface area contributed by atoms with Gasteiger partial charge in [-0.25, -0.2) is 8.78 Å². The van der Waals surface area contributed by atoms with Gasteiger partial charge < -0.3 is 14.5 Å². The number of ether oxygens (including phenoxy) is 1. The van der Waals surface area contributed by atoms with Gasteiger partial charge in [0.1, 0.15) is 6.10 Å². The third-order valence-corrected chi connectivity index (χ3v) is 4.49. The zero-order valence-corrected chi connectivity index (χ0v) is 13.1. The van der Waals surface area contributed by atoms with Crippen LogP contribution in [0.15, 0.2) is 24.3 Å². The highest BCUT2D eigenvalue weighted by molar-refractivity contribution is 6.00. The molecule has 3 rings (SSSR count). The topological polar surface area (TPSA) is 32.8 Å². The Balaban J connectivity index is 1.79. The molecule has 2 aliphatic rings. The van der Waals surface area contributed by atoms with Gasteiger partial charge in [0.25, 0.3) is 12.3 Å². The summed E-state index contributed by atoms with van der Waals surface area (Å²) in [5, 5.41) is 0. The first-order valence-corrected chi connectivity index (χ1v) is 8.20. The van der Waals surface area contributed by atoms with Crippen molar-refractivity contribution in [1.29, 1.82) is 0 Å². The van der Waals surface area contributed by atoms with Gasteiger partial charge in [-0.1, -0.05) is 12.1 Å². The number of para-hydroxylation sites is 1. The number of hydrogen-bond acceptors (Lipinski definition) is 3. The predicted octanol–water partition coefficient (Wildman–Crippen LogP) is 2.78. The molecular formula is C17H22F2N2O2. The van der Waals surface area contributed by atoms with Crippen LogP contribution in [0.1, 0.15) is 29.6 Å². The van der Waals surface area contributed by atoms with Crippen molar-refractivity contribution in [2.45, 2.75) is 31.8 Å². The molecule has 1 unspecified atom stereocenters. The molecule has 1 atom stereocenters. The van der Waals surface area contributed by atoms with Gasteiger partial charge in [0.15, 0.2) is 0 Å². The van der Waals surface area contributed by atoms with Crippen molar-refractivity contribution >= 4 is 11.6 Å². The number of halogens is 2. The molecule has 0 bridgehead atoms. The Morgan fingerprint density at radius 1 is 1.13 bits per heavy atom. The second kappa shape index (κ2) is 7.25. The number of carbonyl (C=O) groups excluding carboxylic acids is 1. The number of benzene rings is 1. The molecule has 1 aromatic carbocycles. The first kappa shape index (κ1) is 16.2. The number of hydrogen-bond donors (Lipinski definition) is 0. The van der Waals surface area contributed by atoms with Crippen molar-refractivity contribution < 1.29 is 18.3 Å². The molecule has 2 saturated heterocycles. The Morgan fingerprint density at radius 3 is 2.61 bits per heavy atom. The highest BCUT2D eigenvalue weighted by Crippen LogP contribution is 2.26. The van der Waals surface area contributed by atoms with E-state index in [4.69, 9.17) is 4.74 Å². The minimum absolute atomic E-state index is 0.0508. The summed E-state index contributed by atoms with van der Waals surface area (Å²) in [4.78, 5) is 16.5. The molecular weight excluding hydrogens is 302 g/mol. The Morgan fingerprint density at radius 2 is 1.87 bits per heavy atom. The van der Waals surface area contributed by atoms with Gasteiger partial charge in [0.05, 0.1) is 18.7 Å². The van der Waals surface area contributed by atoms with Crippen molar-refractivity contribution in [2.24, 2.45) is 0 Å². The second-order valence-electron chi connectivity index (χ2n) is 6.06. The number of rotatable bonds is 3. The van der Waals surface area contributed by atoms with E-state index < -0.39 is 12.5 Å². The Bertz CT molecular complexity index is 547. The number of piperidine rings is 1. The van der Waals surface area contributed by atoms with Gasteiger partial charge >= 0.3 is 0 Å². The van der Waals surface area contributed by atoms with Crippen molar-refractivity contribution in [3.05, 3.63) is 29.8 Å². The van der Waals surface area contributed by atoms with Crippen LogP contribution < -0.4 is 4.90 Å². The maximum atomic E-state index is 12.9. The molecule has 2 heterocycles. The molecule has 0 N–H and O–H groups in total. The quantitative estimate of drug-likeness (QED) is 0.857. The number of morpholine rings is 1. The van der Waals surface area contributed by atoms with Crippen molar-refractivity contribution in [3.63, 3.8) is 0 Å². The van der Waals surface area contributed by atoms with E-state index in [1.165, 1.54) is 11.3 Å². The first-order chi connectivity index (χ1) is 11.2. The summed E-state index contributed by atoms with van der Waals surface area (Å²) in [7, 11) is 0. The van der Waals surface area contributed by atoms with Gasteiger partial charge in [-0.3, -0.25) is 4.79 Å². The molecule has 0 saturated carbocycles. The zero-order chi connectivity index (χ0) is 16.2. The Hall–Kier alpha value is -1.69. The van der Waals surface area contributed by atoms with Gasteiger partial charge in [-0.05, 0) is 31.4 Å². The van der Waals surface area contributed by atoms with E-state index in [9.17, 15) is 13.6 Å². The predicted molar refractivity (Wildman–Crippen MR) is 84.2 cm³/mol. The molecule has 23 heavy (non-hydrogen) atoms. The van der Waals surface area contributed by atoms with Crippen LogP contribution >= 0.6 is 0 Å². The fourth-order valence-electron chi connectivity index (χ4n) is 3.25. The van der Waals surface area contributed by atoms with Crippen LogP contribution in [-0.4, -0.2) is 56.1 Å². The number of carbonyl (C=O) groups is 1. The van der Waals surface area contributed by atoms with Crippen molar-refractivity contribution in [1.82, 2.24) is 4.90 Å². The van der Waals surface area contributed by atoms with E-state index in [1.807, 2.05) is 18.2 Å². The fraction of sp³-hybridized carbons (Fsp3) is 0.588. The molecule has 2 fully saturated rings. The number of alkyl halides is 2. The monoisotopic (exact) mass is 324 g/mol. The summed E-state index contributed by atoms with van der Waals surface area (Å²) in [6, 6.07) is 7.48. The standard InChI is InChI=1S/C17H22F2N2O2/c18-16(19)15-12-21(10-11-23-15)17(22)13-6-2-3-7-14(13)20-8-4-1-5-9-20/h2-3,6-7,15-16H,1,4-5,8-12H2. The average Bonchev–Trinajstić information content (AvgIpc) is 2.62. The summed E-state index contributed by atoms with van der Waals surface area (Å²) >= 11 is 0. The average molecular weight is 324 g/mol. The smallest absolute Gasteiger partial charge is 0.266 e. The second-order valence-corrected chi connectivity index (χ2v) is 6.06. The number of anilines is 1. The molecule has 2 aliphatic heterocycles. The highest BCUT2D eigenvalue weighted by atomic mass is 19.3. The lowest BCUT2D eigenvalue weighted by atomic mass is 10.1. The Labute approximate surface area is 135 Å². The SMILES string of the molecule is O=C(c1ccccc1N1CCCCC1)N1CCOC(C(F)F)C1. The summed E-state index contributed by atoms with van der Waals surface area (Å²) in [6.07, 6.45) is -0.300. The van der Waals surface area contributed by atoms with E-state index in [0.29, 0.717) is 12.1 Å². The number of nitrogens with zero attached hydrogens (tertiary/aromatic N) is 2. The molecule has 1 aromatic rings. The van der Waals surface area contributed by atoms with Gasteiger partial charge in [0, 0.05) is 25.3 Å². The summed E-state index contributed by atoms with van der Waals surface area (Å²) in [6.45, 7) is 2.34.